The Morgan fingerprint density at radius 2 is 1.67 bits per heavy atom. The lowest BCUT2D eigenvalue weighted by atomic mass is 10.0. The quantitative estimate of drug-likeness (QED) is 0.129. The van der Waals surface area contributed by atoms with Crippen LogP contribution < -0.4 is 33.2 Å². The Bertz CT molecular complexity index is 1090. The highest BCUT2D eigenvalue weighted by Crippen LogP contribution is 2.19. The summed E-state index contributed by atoms with van der Waals surface area (Å²) in [6, 6.07) is 3.80. The molecule has 13 nitrogen and oxygen atoms in total. The number of nitrogens with two attached hydrogens (primary N) is 3. The first-order valence-corrected chi connectivity index (χ1v) is 11.5. The van der Waals surface area contributed by atoms with Gasteiger partial charge in [-0.25, -0.2) is 0 Å². The second-order valence-electron chi connectivity index (χ2n) is 8.36. The minimum Gasteiger partial charge on any atom is -0.480 e. The fourth-order valence-corrected chi connectivity index (χ4v) is 3.62. The van der Waals surface area contributed by atoms with Crippen LogP contribution in [0.1, 0.15) is 31.2 Å². The summed E-state index contributed by atoms with van der Waals surface area (Å²) in [6.45, 7) is -0.207. The van der Waals surface area contributed by atoms with E-state index in [0.29, 0.717) is 31.4 Å². The Labute approximate surface area is 207 Å². The average molecular weight is 504 g/mol. The largest absolute Gasteiger partial charge is 0.480 e. The van der Waals surface area contributed by atoms with Crippen LogP contribution in [-0.2, 0) is 30.4 Å². The molecular weight excluding hydrogens is 470 g/mol. The van der Waals surface area contributed by atoms with E-state index < -0.39 is 60.7 Å². The van der Waals surface area contributed by atoms with Crippen LogP contribution >= 0.6 is 0 Å². The Kier molecular flexibility index (Phi) is 10.8. The highest BCUT2D eigenvalue weighted by atomic mass is 16.4. The average Bonchev–Trinajstić information content (AvgIpc) is 3.24. The van der Waals surface area contributed by atoms with E-state index in [9.17, 15) is 24.0 Å². The SMILES string of the molecule is NCCCCC(N)C(=O)NC(CC(N)=O)C(=O)NC(Cc1c[nH]c2ccccc12)C(=O)NCC(=O)O. The number of carbonyl (C=O) groups is 5. The monoisotopic (exact) mass is 503 g/mol. The third-order valence-corrected chi connectivity index (χ3v) is 5.49. The van der Waals surface area contributed by atoms with Crippen LogP contribution in [0.5, 0.6) is 0 Å². The van der Waals surface area contributed by atoms with Gasteiger partial charge in [0.25, 0.3) is 0 Å². The maximum atomic E-state index is 13.0. The number of para-hydroxylation sites is 1. The number of fused-ring (bicyclic) bond motifs is 1. The van der Waals surface area contributed by atoms with Gasteiger partial charge < -0.3 is 43.2 Å². The third kappa shape index (κ3) is 8.67. The molecule has 196 valence electrons. The van der Waals surface area contributed by atoms with Gasteiger partial charge in [0.05, 0.1) is 12.5 Å². The van der Waals surface area contributed by atoms with Gasteiger partial charge in [0.2, 0.25) is 23.6 Å². The first kappa shape index (κ1) is 28.3. The summed E-state index contributed by atoms with van der Waals surface area (Å²) in [5.41, 5.74) is 18.1. The van der Waals surface area contributed by atoms with E-state index in [2.05, 4.69) is 20.9 Å². The molecule has 13 heteroatoms. The lowest BCUT2D eigenvalue weighted by Crippen LogP contribution is -2.57. The lowest BCUT2D eigenvalue weighted by molar-refractivity contribution is -0.138. The molecule has 0 aliphatic carbocycles. The van der Waals surface area contributed by atoms with Crippen LogP contribution in [-0.4, -0.2) is 70.9 Å². The number of carboxylic acid groups (broad SMARTS) is 1. The van der Waals surface area contributed by atoms with Gasteiger partial charge in [0.1, 0.15) is 18.6 Å². The van der Waals surface area contributed by atoms with E-state index in [1.54, 1.807) is 6.20 Å². The number of carboxylic acids is 1. The molecule has 0 aliphatic rings. The predicted octanol–water partition coefficient (Wildman–Crippen LogP) is -1.79. The van der Waals surface area contributed by atoms with Gasteiger partial charge >= 0.3 is 5.97 Å². The smallest absolute Gasteiger partial charge is 0.322 e. The van der Waals surface area contributed by atoms with E-state index in [0.717, 1.165) is 10.9 Å². The molecule has 0 radical (unpaired) electrons. The molecule has 0 saturated carbocycles. The molecule has 2 rings (SSSR count). The minimum absolute atomic E-state index is 0.0110. The van der Waals surface area contributed by atoms with E-state index in [-0.39, 0.29) is 6.42 Å². The highest BCUT2D eigenvalue weighted by molar-refractivity contribution is 5.96. The normalized spacial score (nSPS) is 13.4. The van der Waals surface area contributed by atoms with E-state index in [1.807, 2.05) is 24.3 Å². The van der Waals surface area contributed by atoms with Crippen LogP contribution in [0, 0.1) is 0 Å². The number of rotatable bonds is 15. The molecule has 3 atom stereocenters. The number of aromatic nitrogens is 1. The molecule has 0 bridgehead atoms. The summed E-state index contributed by atoms with van der Waals surface area (Å²) in [5.74, 6) is -4.36. The number of benzene rings is 1. The number of amides is 4. The summed E-state index contributed by atoms with van der Waals surface area (Å²) >= 11 is 0. The van der Waals surface area contributed by atoms with Crippen molar-refractivity contribution in [3.63, 3.8) is 0 Å². The van der Waals surface area contributed by atoms with E-state index in [4.69, 9.17) is 22.3 Å². The number of primary amides is 1. The second-order valence-corrected chi connectivity index (χ2v) is 8.36. The minimum atomic E-state index is -1.38. The molecule has 1 aromatic carbocycles. The zero-order chi connectivity index (χ0) is 26.7. The number of hydrogen-bond acceptors (Lipinski definition) is 7. The maximum absolute atomic E-state index is 13.0. The number of nitrogens with one attached hydrogen (secondary N) is 4. The number of hydrogen-bond donors (Lipinski definition) is 8. The van der Waals surface area contributed by atoms with Crippen molar-refractivity contribution in [1.29, 1.82) is 0 Å². The van der Waals surface area contributed by atoms with Crippen molar-refractivity contribution in [3.05, 3.63) is 36.0 Å². The standard InChI is InChI=1S/C23H33N7O6/c24-8-4-3-6-15(25)21(34)29-18(10-19(26)31)23(36)30-17(22(35)28-12-20(32)33)9-13-11-27-16-7-2-1-5-14(13)16/h1-2,5,7,11,15,17-18,27H,3-4,6,8-10,12,24-25H2,(H2,26,31)(H,28,35)(H,29,34)(H,30,36)(H,32,33). The molecule has 0 fully saturated rings. The summed E-state index contributed by atoms with van der Waals surface area (Å²) in [4.78, 5) is 63.9. The van der Waals surface area contributed by atoms with Gasteiger partial charge in [-0.15, -0.1) is 0 Å². The van der Waals surface area contributed by atoms with Crippen molar-refractivity contribution in [3.8, 4) is 0 Å². The molecule has 11 N–H and O–H groups in total. The van der Waals surface area contributed by atoms with Gasteiger partial charge in [-0.05, 0) is 31.0 Å². The van der Waals surface area contributed by atoms with Crippen molar-refractivity contribution in [1.82, 2.24) is 20.9 Å². The highest BCUT2D eigenvalue weighted by Gasteiger charge is 2.30. The van der Waals surface area contributed by atoms with Crippen LogP contribution in [0.3, 0.4) is 0 Å². The molecule has 0 aliphatic heterocycles. The zero-order valence-corrected chi connectivity index (χ0v) is 19.8. The van der Waals surface area contributed by atoms with Gasteiger partial charge in [0, 0.05) is 23.5 Å². The molecule has 2 aromatic rings. The molecule has 1 heterocycles. The van der Waals surface area contributed by atoms with Gasteiger partial charge in [0.15, 0.2) is 0 Å². The van der Waals surface area contributed by atoms with E-state index >= 15 is 0 Å². The molecule has 3 unspecified atom stereocenters. The van der Waals surface area contributed by atoms with Crippen molar-refractivity contribution in [2.45, 2.75) is 50.2 Å². The molecule has 36 heavy (non-hydrogen) atoms. The maximum Gasteiger partial charge on any atom is 0.322 e. The molecular formula is C23H33N7O6. The second kappa shape index (κ2) is 13.8. The van der Waals surface area contributed by atoms with Gasteiger partial charge in [-0.2, -0.15) is 0 Å². The lowest BCUT2D eigenvalue weighted by Gasteiger charge is -2.23. The Morgan fingerprint density at radius 1 is 0.972 bits per heavy atom. The van der Waals surface area contributed by atoms with Crippen LogP contribution in [0.15, 0.2) is 30.5 Å². The molecule has 0 spiro atoms. The Hall–Kier alpha value is -3.97. The topological polar surface area (TPSA) is 236 Å². The first-order valence-electron chi connectivity index (χ1n) is 11.5. The van der Waals surface area contributed by atoms with Gasteiger partial charge in [-0.1, -0.05) is 24.6 Å². The Balaban J connectivity index is 2.19. The van der Waals surface area contributed by atoms with Crippen LogP contribution in [0.4, 0.5) is 0 Å². The summed E-state index contributed by atoms with van der Waals surface area (Å²) in [6.07, 6.45) is 2.77. The fraction of sp³-hybridized carbons (Fsp3) is 0.435. The summed E-state index contributed by atoms with van der Waals surface area (Å²) in [5, 5.41) is 16.9. The van der Waals surface area contributed by atoms with Crippen molar-refractivity contribution in [2.24, 2.45) is 17.2 Å². The molecule has 4 amide bonds. The van der Waals surface area contributed by atoms with Crippen LogP contribution in [0.25, 0.3) is 10.9 Å². The summed E-state index contributed by atoms with van der Waals surface area (Å²) < 4.78 is 0. The number of H-pyrrole nitrogens is 1. The number of aliphatic carboxylic acids is 1. The first-order chi connectivity index (χ1) is 17.1. The number of aromatic amines is 1. The Morgan fingerprint density at radius 3 is 2.33 bits per heavy atom. The molecule has 1 aromatic heterocycles. The van der Waals surface area contributed by atoms with Crippen molar-refractivity contribution in [2.75, 3.05) is 13.1 Å². The van der Waals surface area contributed by atoms with Crippen LogP contribution in [0.2, 0.25) is 0 Å². The third-order valence-electron chi connectivity index (χ3n) is 5.49. The number of carbonyl (C=O) groups excluding carboxylic acids is 4. The predicted molar refractivity (Wildman–Crippen MR) is 131 cm³/mol. The van der Waals surface area contributed by atoms with Gasteiger partial charge in [-0.3, -0.25) is 24.0 Å². The molecule has 0 saturated heterocycles. The summed E-state index contributed by atoms with van der Waals surface area (Å²) in [7, 11) is 0. The fourth-order valence-electron chi connectivity index (χ4n) is 3.62. The van der Waals surface area contributed by atoms with Crippen molar-refractivity contribution < 1.29 is 29.1 Å². The number of unbranched alkanes of at least 4 members (excludes halogenated alkanes) is 1. The van der Waals surface area contributed by atoms with Crippen molar-refractivity contribution >= 4 is 40.5 Å². The zero-order valence-electron chi connectivity index (χ0n) is 19.8. The van der Waals surface area contributed by atoms with E-state index in [1.165, 1.54) is 0 Å².